The highest BCUT2D eigenvalue weighted by Gasteiger charge is 2.02. The monoisotopic (exact) mass is 170 g/mol. The molecule has 0 rings (SSSR count). The molecule has 56 valence electrons. The highest BCUT2D eigenvalue weighted by atomic mass is 35.6. The Morgan fingerprint density at radius 1 is 1.44 bits per heavy atom. The Balaban J connectivity index is 3.09. The van der Waals surface area contributed by atoms with Crippen molar-refractivity contribution in [1.29, 1.82) is 0 Å². The van der Waals surface area contributed by atoms with Crippen molar-refractivity contribution < 1.29 is 13.9 Å². The molecule has 0 spiro atoms. The molecular weight excluding hydrogens is 160 g/mol. The molecule has 0 N–H and O–H groups in total. The summed E-state index contributed by atoms with van der Waals surface area (Å²) in [7, 11) is 2.29. The summed E-state index contributed by atoms with van der Waals surface area (Å²) in [4.78, 5) is 0. The average Bonchev–Trinajstić information content (AvgIpc) is 1.91. The van der Waals surface area contributed by atoms with Gasteiger partial charge in [-0.2, -0.15) is 0 Å². The lowest BCUT2D eigenvalue weighted by Gasteiger charge is -2.11. The van der Waals surface area contributed by atoms with Crippen molar-refractivity contribution in [2.45, 2.75) is 6.29 Å². The van der Waals surface area contributed by atoms with Gasteiger partial charge in [0.1, 0.15) is 0 Å². The second-order valence-electron chi connectivity index (χ2n) is 1.38. The number of ether oxygens (including phenoxy) is 2. The second kappa shape index (κ2) is 6.51. The highest BCUT2D eigenvalue weighted by molar-refractivity contribution is 6.89. The predicted octanol–water partition coefficient (Wildman–Crippen LogP) is -0.141. The summed E-state index contributed by atoms with van der Waals surface area (Å²) in [5.74, 6) is 0. The van der Waals surface area contributed by atoms with Crippen molar-refractivity contribution in [1.82, 2.24) is 0 Å². The number of rotatable bonds is 5. The number of halogens is 1. The minimum atomic E-state index is -0.835. The first-order valence-corrected chi connectivity index (χ1v) is 5.26. The summed E-state index contributed by atoms with van der Waals surface area (Å²) in [5.41, 5.74) is 0. The zero-order valence-corrected chi connectivity index (χ0v) is 7.76. The van der Waals surface area contributed by atoms with Gasteiger partial charge in [0, 0.05) is 14.2 Å². The van der Waals surface area contributed by atoms with Crippen LogP contribution < -0.4 is 0 Å². The number of hydrogen-bond acceptors (Lipinski definition) is 3. The van der Waals surface area contributed by atoms with Gasteiger partial charge in [-0.3, -0.25) is 0 Å². The molecule has 5 heteroatoms. The smallest absolute Gasteiger partial charge is 0.258 e. The molecule has 0 aromatic heterocycles. The molecular formula is C4H11ClO3Si. The van der Waals surface area contributed by atoms with Crippen LogP contribution in [0.3, 0.4) is 0 Å². The van der Waals surface area contributed by atoms with Crippen LogP contribution >= 0.6 is 11.1 Å². The lowest BCUT2D eigenvalue weighted by atomic mass is 10.7. The van der Waals surface area contributed by atoms with Crippen LogP contribution in [0.15, 0.2) is 0 Å². The van der Waals surface area contributed by atoms with E-state index >= 15 is 0 Å². The quantitative estimate of drug-likeness (QED) is 0.327. The summed E-state index contributed by atoms with van der Waals surface area (Å²) in [6.07, 6.45) is -0.267. The third kappa shape index (κ3) is 4.86. The molecule has 0 aromatic carbocycles. The Bertz CT molecular complexity index is 59.8. The Morgan fingerprint density at radius 3 is 2.33 bits per heavy atom. The Kier molecular flexibility index (Phi) is 6.79. The van der Waals surface area contributed by atoms with Crippen LogP contribution in [0.1, 0.15) is 0 Å². The average molecular weight is 171 g/mol. The topological polar surface area (TPSA) is 27.7 Å². The Hall–Kier alpha value is 0.387. The molecule has 0 saturated heterocycles. The lowest BCUT2D eigenvalue weighted by Crippen LogP contribution is -2.20. The minimum Gasteiger partial charge on any atom is -0.403 e. The van der Waals surface area contributed by atoms with Gasteiger partial charge in [-0.1, -0.05) is 0 Å². The molecule has 0 fully saturated rings. The molecule has 0 atom stereocenters. The van der Waals surface area contributed by atoms with Gasteiger partial charge in [0.15, 0.2) is 6.29 Å². The van der Waals surface area contributed by atoms with Crippen LogP contribution in [0.25, 0.3) is 0 Å². The Labute approximate surface area is 61.9 Å². The van der Waals surface area contributed by atoms with E-state index in [2.05, 4.69) is 0 Å². The fourth-order valence-electron chi connectivity index (χ4n) is 0.373. The summed E-state index contributed by atoms with van der Waals surface area (Å²) >= 11 is 5.37. The summed E-state index contributed by atoms with van der Waals surface area (Å²) < 4.78 is 14.6. The minimum absolute atomic E-state index is 0.267. The first-order valence-electron chi connectivity index (χ1n) is 2.54. The van der Waals surface area contributed by atoms with Gasteiger partial charge in [-0.15, -0.1) is 11.1 Å². The van der Waals surface area contributed by atoms with E-state index in [4.69, 9.17) is 25.0 Å². The maximum atomic E-state index is 5.37. The van der Waals surface area contributed by atoms with Crippen molar-refractivity contribution in [2.75, 3.05) is 20.8 Å². The van der Waals surface area contributed by atoms with E-state index in [1.165, 1.54) is 0 Å². The van der Waals surface area contributed by atoms with Crippen LogP contribution in [0, 0.1) is 0 Å². The van der Waals surface area contributed by atoms with Crippen molar-refractivity contribution in [3.8, 4) is 0 Å². The van der Waals surface area contributed by atoms with Crippen LogP contribution in [0.2, 0.25) is 0 Å². The van der Waals surface area contributed by atoms with Crippen molar-refractivity contribution in [3.63, 3.8) is 0 Å². The fourth-order valence-corrected chi connectivity index (χ4v) is 0.922. The normalized spacial score (nSPS) is 12.0. The van der Waals surface area contributed by atoms with E-state index < -0.39 is 9.07 Å². The van der Waals surface area contributed by atoms with E-state index in [0.29, 0.717) is 6.61 Å². The third-order valence-electron chi connectivity index (χ3n) is 0.857. The molecule has 0 aromatic rings. The zero-order chi connectivity index (χ0) is 7.11. The summed E-state index contributed by atoms with van der Waals surface area (Å²) in [5, 5.41) is 0. The van der Waals surface area contributed by atoms with E-state index in [1.807, 2.05) is 0 Å². The first-order chi connectivity index (χ1) is 4.35. The van der Waals surface area contributed by atoms with Crippen molar-refractivity contribution in [2.24, 2.45) is 0 Å². The molecule has 0 aliphatic heterocycles. The summed E-state index contributed by atoms with van der Waals surface area (Å²) in [6.45, 7) is 0.433. The highest BCUT2D eigenvalue weighted by Crippen LogP contribution is 1.90. The standard InChI is InChI=1S/C4H11ClO3Si/c1-6-4(7-2)3-8-9-5/h4H,3,9H2,1-2H3. The van der Waals surface area contributed by atoms with Crippen LogP contribution in [-0.4, -0.2) is 36.2 Å². The largest absolute Gasteiger partial charge is 0.403 e. The van der Waals surface area contributed by atoms with Gasteiger partial charge >= 0.3 is 0 Å². The molecule has 0 aliphatic rings. The van der Waals surface area contributed by atoms with Crippen LogP contribution in [0.5, 0.6) is 0 Å². The van der Waals surface area contributed by atoms with E-state index in [1.54, 1.807) is 14.2 Å². The molecule has 3 nitrogen and oxygen atoms in total. The van der Waals surface area contributed by atoms with E-state index in [0.717, 1.165) is 0 Å². The van der Waals surface area contributed by atoms with Gasteiger partial charge in [-0.05, 0) is 0 Å². The number of hydrogen-bond donors (Lipinski definition) is 0. The lowest BCUT2D eigenvalue weighted by molar-refractivity contribution is -0.121. The van der Waals surface area contributed by atoms with Crippen LogP contribution in [-0.2, 0) is 13.9 Å². The van der Waals surface area contributed by atoms with Gasteiger partial charge in [0.25, 0.3) is 9.07 Å². The van der Waals surface area contributed by atoms with Gasteiger partial charge in [0.2, 0.25) is 0 Å². The second-order valence-corrected chi connectivity index (χ2v) is 2.66. The van der Waals surface area contributed by atoms with Crippen molar-refractivity contribution >= 4 is 20.2 Å². The van der Waals surface area contributed by atoms with Gasteiger partial charge in [-0.25, -0.2) is 0 Å². The molecule has 9 heavy (non-hydrogen) atoms. The number of methoxy groups -OCH3 is 2. The third-order valence-corrected chi connectivity index (χ3v) is 1.71. The van der Waals surface area contributed by atoms with Gasteiger partial charge in [0.05, 0.1) is 6.61 Å². The Morgan fingerprint density at radius 2 is 2.00 bits per heavy atom. The van der Waals surface area contributed by atoms with Crippen LogP contribution in [0.4, 0.5) is 0 Å². The van der Waals surface area contributed by atoms with E-state index in [-0.39, 0.29) is 6.29 Å². The molecule has 0 saturated carbocycles. The molecule has 0 unspecified atom stereocenters. The molecule has 0 bridgehead atoms. The maximum Gasteiger partial charge on any atom is 0.258 e. The first kappa shape index (κ1) is 9.39. The molecule has 0 radical (unpaired) electrons. The zero-order valence-electron chi connectivity index (χ0n) is 5.59. The van der Waals surface area contributed by atoms with Crippen molar-refractivity contribution in [3.05, 3.63) is 0 Å². The van der Waals surface area contributed by atoms with Gasteiger partial charge < -0.3 is 13.9 Å². The predicted molar refractivity (Wildman–Crippen MR) is 38.2 cm³/mol. The fraction of sp³-hybridized carbons (Fsp3) is 1.00. The summed E-state index contributed by atoms with van der Waals surface area (Å²) in [6, 6.07) is 0. The maximum absolute atomic E-state index is 5.37. The molecule has 0 amide bonds. The molecule has 0 aliphatic carbocycles. The molecule has 0 heterocycles. The van der Waals surface area contributed by atoms with E-state index in [9.17, 15) is 0 Å². The SMILES string of the molecule is COC(CO[SiH2]Cl)OC.